The first-order valence-corrected chi connectivity index (χ1v) is 7.10. The van der Waals surface area contributed by atoms with Crippen LogP contribution < -0.4 is 5.32 Å². The van der Waals surface area contributed by atoms with Crippen LogP contribution in [0.25, 0.3) is 10.2 Å². The van der Waals surface area contributed by atoms with Gasteiger partial charge >= 0.3 is 0 Å². The quantitative estimate of drug-likeness (QED) is 0.896. The second-order valence-corrected chi connectivity index (χ2v) is 6.08. The highest BCUT2D eigenvalue weighted by atomic mass is 32.1. The monoisotopic (exact) mass is 281 g/mol. The molecule has 2 aromatic heterocycles. The Kier molecular flexibility index (Phi) is 3.91. The van der Waals surface area contributed by atoms with E-state index in [1.165, 1.54) is 11.3 Å². The topological polar surface area (TPSA) is 67.2 Å². The predicted molar refractivity (Wildman–Crippen MR) is 76.5 cm³/mol. The molecule has 2 N–H and O–H groups in total. The number of amides is 1. The predicted octanol–water partition coefficient (Wildman–Crippen LogP) is 1.69. The van der Waals surface area contributed by atoms with Gasteiger partial charge < -0.3 is 10.4 Å². The molecule has 1 amide bonds. The molecule has 2 heterocycles. The molecule has 1 atom stereocenters. The number of aromatic nitrogens is 2. The molecule has 104 valence electrons. The van der Waals surface area contributed by atoms with Gasteiger partial charge in [0.25, 0.3) is 5.91 Å². The number of aliphatic hydroxyl groups is 1. The number of fused-ring (bicyclic) bond motifs is 1. The first-order valence-electron chi connectivity index (χ1n) is 6.29. The molecular weight excluding hydrogens is 262 g/mol. The fourth-order valence-corrected chi connectivity index (χ4v) is 3.01. The zero-order valence-corrected chi connectivity index (χ0v) is 12.4. The number of nitrogens with one attached hydrogen (secondary N) is 1. The molecule has 0 aromatic carbocycles. The van der Waals surface area contributed by atoms with Crippen molar-refractivity contribution >= 4 is 27.5 Å². The molecule has 6 heteroatoms. The molecule has 0 aliphatic carbocycles. The average Bonchev–Trinajstić information content (AvgIpc) is 2.89. The lowest BCUT2D eigenvalue weighted by Gasteiger charge is -2.19. The van der Waals surface area contributed by atoms with Crippen LogP contribution in [0.2, 0.25) is 0 Å². The zero-order valence-electron chi connectivity index (χ0n) is 11.6. The Balaban J connectivity index is 2.24. The number of aryl methyl sites for hydroxylation is 2. The van der Waals surface area contributed by atoms with Crippen molar-refractivity contribution in [2.45, 2.75) is 26.8 Å². The highest BCUT2D eigenvalue weighted by Gasteiger charge is 2.19. The van der Waals surface area contributed by atoms with Crippen LogP contribution in [0.15, 0.2) is 6.07 Å². The summed E-state index contributed by atoms with van der Waals surface area (Å²) < 4.78 is 1.79. The first-order chi connectivity index (χ1) is 8.93. The third-order valence-electron chi connectivity index (χ3n) is 3.24. The fraction of sp³-hybridized carbons (Fsp3) is 0.538. The molecule has 0 saturated carbocycles. The molecule has 2 rings (SSSR count). The van der Waals surface area contributed by atoms with E-state index in [0.29, 0.717) is 4.88 Å². The Bertz CT molecular complexity index is 566. The van der Waals surface area contributed by atoms with Crippen LogP contribution in [0.5, 0.6) is 0 Å². The lowest BCUT2D eigenvalue weighted by molar-refractivity contribution is 0.0901. The van der Waals surface area contributed by atoms with Crippen molar-refractivity contribution in [1.29, 1.82) is 0 Å². The van der Waals surface area contributed by atoms with Crippen LogP contribution in [0, 0.1) is 12.8 Å². The number of nitrogens with zero attached hydrogens (tertiary/aromatic N) is 2. The number of thiophene rings is 1. The number of carbonyl (C=O) groups excluding carboxylic acids is 1. The fourth-order valence-electron chi connectivity index (χ4n) is 1.98. The van der Waals surface area contributed by atoms with E-state index in [2.05, 4.69) is 10.4 Å². The molecule has 19 heavy (non-hydrogen) atoms. The van der Waals surface area contributed by atoms with Gasteiger partial charge in [0.2, 0.25) is 0 Å². The third kappa shape index (κ3) is 2.64. The van der Waals surface area contributed by atoms with Gasteiger partial charge in [0.05, 0.1) is 23.2 Å². The van der Waals surface area contributed by atoms with Crippen LogP contribution in [0.3, 0.4) is 0 Å². The number of hydrogen-bond donors (Lipinski definition) is 2. The Morgan fingerprint density at radius 3 is 2.79 bits per heavy atom. The van der Waals surface area contributed by atoms with Gasteiger partial charge in [-0.2, -0.15) is 5.10 Å². The second-order valence-electron chi connectivity index (χ2n) is 5.05. The van der Waals surface area contributed by atoms with E-state index in [9.17, 15) is 9.90 Å². The SMILES string of the molecule is Cc1nn(C)c2sc(C(=O)NC(CO)C(C)C)cc12. The lowest BCUT2D eigenvalue weighted by Crippen LogP contribution is -2.40. The highest BCUT2D eigenvalue weighted by Crippen LogP contribution is 2.27. The summed E-state index contributed by atoms with van der Waals surface area (Å²) in [6.45, 7) is 5.83. The molecule has 0 fully saturated rings. The molecule has 0 aliphatic heterocycles. The number of hydrogen-bond acceptors (Lipinski definition) is 4. The van der Waals surface area contributed by atoms with Crippen LogP contribution >= 0.6 is 11.3 Å². The van der Waals surface area contributed by atoms with Gasteiger partial charge in [0.1, 0.15) is 4.83 Å². The molecule has 2 aromatic rings. The normalized spacial score (nSPS) is 13.2. The van der Waals surface area contributed by atoms with Gasteiger partial charge in [0, 0.05) is 12.4 Å². The first kappa shape index (κ1) is 14.0. The van der Waals surface area contributed by atoms with Crippen molar-refractivity contribution in [3.63, 3.8) is 0 Å². The molecule has 0 radical (unpaired) electrons. The van der Waals surface area contributed by atoms with E-state index in [4.69, 9.17) is 0 Å². The lowest BCUT2D eigenvalue weighted by atomic mass is 10.1. The average molecular weight is 281 g/mol. The summed E-state index contributed by atoms with van der Waals surface area (Å²) in [5.74, 6) is 0.0695. The van der Waals surface area contributed by atoms with Crippen LogP contribution in [0.4, 0.5) is 0 Å². The molecule has 0 spiro atoms. The second kappa shape index (κ2) is 5.30. The van der Waals surface area contributed by atoms with E-state index in [1.807, 2.05) is 33.9 Å². The van der Waals surface area contributed by atoms with Gasteiger partial charge in [-0.1, -0.05) is 13.8 Å². The van der Waals surface area contributed by atoms with Crippen molar-refractivity contribution < 1.29 is 9.90 Å². The summed E-state index contributed by atoms with van der Waals surface area (Å²) in [5.41, 5.74) is 0.926. The van der Waals surface area contributed by atoms with Crippen molar-refractivity contribution in [2.75, 3.05) is 6.61 Å². The largest absolute Gasteiger partial charge is 0.394 e. The Hall–Kier alpha value is -1.40. The molecule has 5 nitrogen and oxygen atoms in total. The number of aliphatic hydroxyl groups excluding tert-OH is 1. The molecular formula is C13H19N3O2S. The summed E-state index contributed by atoms with van der Waals surface area (Å²) in [6.07, 6.45) is 0. The van der Waals surface area contributed by atoms with E-state index >= 15 is 0 Å². The van der Waals surface area contributed by atoms with Gasteiger partial charge in [-0.25, -0.2) is 0 Å². The maximum Gasteiger partial charge on any atom is 0.261 e. The minimum absolute atomic E-state index is 0.0467. The van der Waals surface area contributed by atoms with E-state index < -0.39 is 0 Å². The van der Waals surface area contributed by atoms with Crippen molar-refractivity contribution in [2.24, 2.45) is 13.0 Å². The smallest absolute Gasteiger partial charge is 0.261 e. The highest BCUT2D eigenvalue weighted by molar-refractivity contribution is 7.20. The Labute approximate surface area is 116 Å². The maximum atomic E-state index is 12.2. The van der Waals surface area contributed by atoms with Crippen molar-refractivity contribution in [3.8, 4) is 0 Å². The van der Waals surface area contributed by atoms with Crippen LogP contribution in [-0.2, 0) is 7.05 Å². The van der Waals surface area contributed by atoms with Crippen molar-refractivity contribution in [1.82, 2.24) is 15.1 Å². The molecule has 0 bridgehead atoms. The van der Waals surface area contributed by atoms with Crippen molar-refractivity contribution in [3.05, 3.63) is 16.6 Å². The number of carbonyl (C=O) groups is 1. The standard InChI is InChI=1S/C13H19N3O2S/c1-7(2)10(6-17)14-12(18)11-5-9-8(3)15-16(4)13(9)19-11/h5,7,10,17H,6H2,1-4H3,(H,14,18). The molecule has 1 unspecified atom stereocenters. The van der Waals surface area contributed by atoms with E-state index in [0.717, 1.165) is 15.9 Å². The summed E-state index contributed by atoms with van der Waals surface area (Å²) in [4.78, 5) is 13.8. The zero-order chi connectivity index (χ0) is 14.2. The third-order valence-corrected chi connectivity index (χ3v) is 4.44. The Morgan fingerprint density at radius 1 is 1.58 bits per heavy atom. The Morgan fingerprint density at radius 2 is 2.26 bits per heavy atom. The van der Waals surface area contributed by atoms with E-state index in [1.54, 1.807) is 4.68 Å². The molecule has 0 aliphatic rings. The minimum atomic E-state index is -0.211. The van der Waals surface area contributed by atoms with Gasteiger partial charge in [0.15, 0.2) is 0 Å². The summed E-state index contributed by atoms with van der Waals surface area (Å²) in [7, 11) is 1.87. The van der Waals surface area contributed by atoms with Gasteiger partial charge in [-0.05, 0) is 18.9 Å². The van der Waals surface area contributed by atoms with Crippen LogP contribution in [0.1, 0.15) is 29.2 Å². The van der Waals surface area contributed by atoms with Gasteiger partial charge in [-0.15, -0.1) is 11.3 Å². The van der Waals surface area contributed by atoms with Gasteiger partial charge in [-0.3, -0.25) is 9.48 Å². The summed E-state index contributed by atoms with van der Waals surface area (Å²) >= 11 is 1.42. The van der Waals surface area contributed by atoms with E-state index in [-0.39, 0.29) is 24.5 Å². The summed E-state index contributed by atoms with van der Waals surface area (Å²) in [5, 5.41) is 17.4. The summed E-state index contributed by atoms with van der Waals surface area (Å²) in [6, 6.07) is 1.66. The number of rotatable bonds is 4. The minimum Gasteiger partial charge on any atom is -0.394 e. The van der Waals surface area contributed by atoms with Crippen LogP contribution in [-0.4, -0.2) is 33.4 Å². The maximum absolute atomic E-state index is 12.2. The molecule has 0 saturated heterocycles.